The lowest BCUT2D eigenvalue weighted by atomic mass is 9.99. The number of hydrogen-bond acceptors (Lipinski definition) is 6. The van der Waals surface area contributed by atoms with Crippen molar-refractivity contribution < 1.29 is 14.3 Å². The Hall–Kier alpha value is -3.26. The van der Waals surface area contributed by atoms with Crippen molar-refractivity contribution in [2.45, 2.75) is 26.4 Å². The Balaban J connectivity index is 1.71. The Labute approximate surface area is 181 Å². The molecule has 8 heteroatoms. The maximum Gasteiger partial charge on any atom is 0.257 e. The van der Waals surface area contributed by atoms with E-state index in [1.165, 1.54) is 0 Å². The van der Waals surface area contributed by atoms with Gasteiger partial charge in [-0.25, -0.2) is 9.97 Å². The number of para-hydroxylation sites is 1. The van der Waals surface area contributed by atoms with Gasteiger partial charge >= 0.3 is 0 Å². The van der Waals surface area contributed by atoms with Crippen molar-refractivity contribution in [1.29, 1.82) is 0 Å². The zero-order valence-corrected chi connectivity index (χ0v) is 18.1. The molecule has 0 spiro atoms. The first-order valence-corrected chi connectivity index (χ1v) is 10.4. The van der Waals surface area contributed by atoms with Gasteiger partial charge in [0.1, 0.15) is 5.75 Å². The van der Waals surface area contributed by atoms with Gasteiger partial charge in [0.25, 0.3) is 11.9 Å². The Morgan fingerprint density at radius 1 is 1.23 bits per heavy atom. The molecule has 0 N–H and O–H groups in total. The number of hydrogen-bond donors (Lipinski definition) is 0. The molecule has 8 nitrogen and oxygen atoms in total. The van der Waals surface area contributed by atoms with Crippen molar-refractivity contribution in [1.82, 2.24) is 24.6 Å². The fourth-order valence-corrected chi connectivity index (χ4v) is 4.00. The Morgan fingerprint density at radius 2 is 2.06 bits per heavy atom. The number of amides is 1. The van der Waals surface area contributed by atoms with Crippen LogP contribution in [0, 0.1) is 5.92 Å². The van der Waals surface area contributed by atoms with Gasteiger partial charge in [0.15, 0.2) is 0 Å². The zero-order chi connectivity index (χ0) is 21.8. The number of likely N-dealkylation sites (tertiary alicyclic amines) is 1. The third kappa shape index (κ3) is 4.29. The highest BCUT2D eigenvalue weighted by molar-refractivity contribution is 5.95. The van der Waals surface area contributed by atoms with Gasteiger partial charge in [0.2, 0.25) is 0 Å². The van der Waals surface area contributed by atoms with Crippen LogP contribution in [0.4, 0.5) is 0 Å². The molecule has 162 valence electrons. The lowest BCUT2D eigenvalue weighted by Crippen LogP contribution is -2.39. The summed E-state index contributed by atoms with van der Waals surface area (Å²) >= 11 is 0. The average Bonchev–Trinajstić information content (AvgIpc) is 3.22. The molecule has 31 heavy (non-hydrogen) atoms. The molecule has 0 saturated carbocycles. The standard InChI is InChI=1S/C23H27N5O3/c1-16-7-6-12-27(14-16)22(29)18-13-25-28(20(18)15-30-2)23-24-11-10-19(26-23)17-8-4-5-9-21(17)31-3/h4-5,8-11,13,16H,6-7,12,14-15H2,1-3H3. The summed E-state index contributed by atoms with van der Waals surface area (Å²) in [5.41, 5.74) is 2.73. The predicted molar refractivity (Wildman–Crippen MR) is 116 cm³/mol. The van der Waals surface area contributed by atoms with Crippen molar-refractivity contribution in [3.8, 4) is 23.0 Å². The van der Waals surface area contributed by atoms with Crippen LogP contribution in [0.25, 0.3) is 17.2 Å². The highest BCUT2D eigenvalue weighted by atomic mass is 16.5. The van der Waals surface area contributed by atoms with Gasteiger partial charge in [-0.05, 0) is 37.0 Å². The van der Waals surface area contributed by atoms with E-state index >= 15 is 0 Å². The lowest BCUT2D eigenvalue weighted by Gasteiger charge is -2.30. The minimum absolute atomic E-state index is 0.0225. The van der Waals surface area contributed by atoms with E-state index in [0.717, 1.165) is 37.2 Å². The second kappa shape index (κ2) is 9.26. The number of rotatable bonds is 6. The monoisotopic (exact) mass is 421 g/mol. The number of benzene rings is 1. The molecule has 1 saturated heterocycles. The molecule has 3 heterocycles. The highest BCUT2D eigenvalue weighted by Crippen LogP contribution is 2.28. The molecular weight excluding hydrogens is 394 g/mol. The largest absolute Gasteiger partial charge is 0.496 e. The van der Waals surface area contributed by atoms with E-state index in [-0.39, 0.29) is 12.5 Å². The average molecular weight is 422 g/mol. The Morgan fingerprint density at radius 3 is 2.84 bits per heavy atom. The fraction of sp³-hybridized carbons (Fsp3) is 0.391. The normalized spacial score (nSPS) is 16.4. The molecule has 1 fully saturated rings. The van der Waals surface area contributed by atoms with Gasteiger partial charge in [0, 0.05) is 32.0 Å². The smallest absolute Gasteiger partial charge is 0.257 e. The Bertz CT molecular complexity index is 1060. The molecule has 3 aromatic rings. The van der Waals surface area contributed by atoms with Crippen LogP contribution in [0.3, 0.4) is 0 Å². The molecule has 0 radical (unpaired) electrons. The summed E-state index contributed by atoms with van der Waals surface area (Å²) in [5.74, 6) is 1.58. The third-order valence-electron chi connectivity index (χ3n) is 5.54. The van der Waals surface area contributed by atoms with Crippen LogP contribution in [0.5, 0.6) is 5.75 Å². The quantitative estimate of drug-likeness (QED) is 0.607. The summed E-state index contributed by atoms with van der Waals surface area (Å²) in [5, 5.41) is 4.45. The molecule has 1 aliphatic heterocycles. The molecule has 1 atom stereocenters. The minimum atomic E-state index is -0.0225. The summed E-state index contributed by atoms with van der Waals surface area (Å²) in [6.07, 6.45) is 5.44. The summed E-state index contributed by atoms with van der Waals surface area (Å²) in [6, 6.07) is 9.49. The van der Waals surface area contributed by atoms with E-state index in [9.17, 15) is 4.79 Å². The van der Waals surface area contributed by atoms with Crippen LogP contribution in [-0.2, 0) is 11.3 Å². The minimum Gasteiger partial charge on any atom is -0.496 e. The SMILES string of the molecule is COCc1c(C(=O)N2CCCC(C)C2)cnn1-c1nccc(-c2ccccc2OC)n1. The summed E-state index contributed by atoms with van der Waals surface area (Å²) in [4.78, 5) is 24.2. The molecule has 1 aromatic carbocycles. The number of carbonyl (C=O) groups is 1. The summed E-state index contributed by atoms with van der Waals surface area (Å²) in [7, 11) is 3.23. The Kier molecular flexibility index (Phi) is 6.27. The van der Waals surface area contributed by atoms with E-state index in [1.54, 1.807) is 31.3 Å². The van der Waals surface area contributed by atoms with E-state index in [4.69, 9.17) is 14.5 Å². The molecule has 1 unspecified atom stereocenters. The van der Waals surface area contributed by atoms with E-state index in [1.807, 2.05) is 35.2 Å². The molecule has 1 aliphatic rings. The number of methoxy groups -OCH3 is 2. The van der Waals surface area contributed by atoms with Gasteiger partial charge in [-0.15, -0.1) is 0 Å². The second-order valence-electron chi connectivity index (χ2n) is 7.79. The first-order valence-electron chi connectivity index (χ1n) is 10.4. The molecule has 1 amide bonds. The number of carbonyl (C=O) groups excluding carboxylic acids is 1. The number of nitrogens with zero attached hydrogens (tertiary/aromatic N) is 5. The van der Waals surface area contributed by atoms with Gasteiger partial charge in [-0.3, -0.25) is 4.79 Å². The maximum atomic E-state index is 13.2. The maximum absolute atomic E-state index is 13.2. The van der Waals surface area contributed by atoms with Gasteiger partial charge in [-0.2, -0.15) is 9.78 Å². The topological polar surface area (TPSA) is 82.4 Å². The van der Waals surface area contributed by atoms with Crippen LogP contribution in [0.2, 0.25) is 0 Å². The van der Waals surface area contributed by atoms with Crippen LogP contribution < -0.4 is 4.74 Å². The van der Waals surface area contributed by atoms with Gasteiger partial charge < -0.3 is 14.4 Å². The number of ether oxygens (including phenoxy) is 2. The van der Waals surface area contributed by atoms with Crippen LogP contribution in [-0.4, -0.2) is 57.9 Å². The first kappa shape index (κ1) is 21.0. The van der Waals surface area contributed by atoms with E-state index in [0.29, 0.717) is 28.8 Å². The second-order valence-corrected chi connectivity index (χ2v) is 7.79. The van der Waals surface area contributed by atoms with E-state index < -0.39 is 0 Å². The van der Waals surface area contributed by atoms with E-state index in [2.05, 4.69) is 17.0 Å². The number of piperidine rings is 1. The lowest BCUT2D eigenvalue weighted by molar-refractivity contribution is 0.0678. The molecule has 0 bridgehead atoms. The third-order valence-corrected chi connectivity index (χ3v) is 5.54. The van der Waals surface area contributed by atoms with Crippen molar-refractivity contribution in [3.05, 3.63) is 54.0 Å². The van der Waals surface area contributed by atoms with Crippen molar-refractivity contribution in [3.63, 3.8) is 0 Å². The molecule has 4 rings (SSSR count). The van der Waals surface area contributed by atoms with Crippen LogP contribution in [0.1, 0.15) is 35.8 Å². The van der Waals surface area contributed by atoms with Crippen molar-refractivity contribution >= 4 is 5.91 Å². The fourth-order valence-electron chi connectivity index (χ4n) is 4.00. The van der Waals surface area contributed by atoms with Gasteiger partial charge in [-0.1, -0.05) is 19.1 Å². The summed E-state index contributed by atoms with van der Waals surface area (Å²) in [6.45, 7) is 3.93. The molecule has 0 aliphatic carbocycles. The predicted octanol–water partition coefficient (Wildman–Crippen LogP) is 3.36. The van der Waals surface area contributed by atoms with Crippen molar-refractivity contribution in [2.24, 2.45) is 5.92 Å². The summed E-state index contributed by atoms with van der Waals surface area (Å²) < 4.78 is 12.4. The molecule has 2 aromatic heterocycles. The van der Waals surface area contributed by atoms with Gasteiger partial charge in [0.05, 0.1) is 36.9 Å². The zero-order valence-electron chi connectivity index (χ0n) is 18.1. The first-order chi connectivity index (χ1) is 15.1. The van der Waals surface area contributed by atoms with Crippen LogP contribution >= 0.6 is 0 Å². The highest BCUT2D eigenvalue weighted by Gasteiger charge is 2.27. The molecular formula is C23H27N5O3. The van der Waals surface area contributed by atoms with Crippen LogP contribution in [0.15, 0.2) is 42.7 Å². The number of aromatic nitrogens is 4. The van der Waals surface area contributed by atoms with Crippen molar-refractivity contribution in [2.75, 3.05) is 27.3 Å².